The summed E-state index contributed by atoms with van der Waals surface area (Å²) in [5, 5.41) is 3.68. The van der Waals surface area contributed by atoms with Gasteiger partial charge in [0.15, 0.2) is 24.8 Å². The van der Waals surface area contributed by atoms with E-state index in [4.69, 9.17) is 24.4 Å². The van der Waals surface area contributed by atoms with E-state index in [9.17, 15) is 0 Å². The van der Waals surface area contributed by atoms with E-state index >= 15 is 0 Å². The summed E-state index contributed by atoms with van der Waals surface area (Å²) in [5.41, 5.74) is 2.55. The van der Waals surface area contributed by atoms with E-state index in [0.29, 0.717) is 0 Å². The Bertz CT molecular complexity index is 591. The SMILES string of the molecule is S=CCCCCC[n+]1ccc(-c2cc[n+](CCCCCC=S)cc2)cc1. The normalized spacial score (nSPS) is 10.6. The summed E-state index contributed by atoms with van der Waals surface area (Å²) in [6.45, 7) is 2.16. The molecule has 0 aliphatic rings. The van der Waals surface area contributed by atoms with Crippen molar-refractivity contribution in [3.8, 4) is 11.1 Å². The number of thiocarbonyl (C=S) groups is 2. The number of nitrogens with zero attached hydrogens (tertiary/aromatic N) is 2. The summed E-state index contributed by atoms with van der Waals surface area (Å²) in [6.07, 6.45) is 18.2. The van der Waals surface area contributed by atoms with Gasteiger partial charge in [-0.15, -0.1) is 0 Å². The second kappa shape index (κ2) is 12.8. The van der Waals surface area contributed by atoms with Gasteiger partial charge in [-0.1, -0.05) is 24.4 Å². The van der Waals surface area contributed by atoms with Crippen LogP contribution in [0.2, 0.25) is 0 Å². The van der Waals surface area contributed by atoms with Crippen LogP contribution in [-0.4, -0.2) is 10.7 Å². The molecule has 0 saturated heterocycles. The number of aromatic nitrogens is 2. The lowest BCUT2D eigenvalue weighted by Gasteiger charge is -2.02. The lowest BCUT2D eigenvalue weighted by Crippen LogP contribution is -2.33. The van der Waals surface area contributed by atoms with Gasteiger partial charge in [0.25, 0.3) is 0 Å². The first-order valence-corrected chi connectivity index (χ1v) is 10.6. The van der Waals surface area contributed by atoms with Crippen molar-refractivity contribution in [1.82, 2.24) is 0 Å². The van der Waals surface area contributed by atoms with Crippen LogP contribution >= 0.6 is 24.4 Å². The fourth-order valence-corrected chi connectivity index (χ4v) is 3.33. The van der Waals surface area contributed by atoms with Crippen molar-refractivity contribution in [3.05, 3.63) is 49.1 Å². The van der Waals surface area contributed by atoms with Crippen LogP contribution < -0.4 is 9.13 Å². The van der Waals surface area contributed by atoms with Crippen LogP contribution in [0.3, 0.4) is 0 Å². The Morgan fingerprint density at radius 1 is 0.577 bits per heavy atom. The molecule has 0 unspecified atom stereocenters. The molecular weight excluding hydrogens is 356 g/mol. The summed E-state index contributed by atoms with van der Waals surface area (Å²) in [5.74, 6) is 0. The highest BCUT2D eigenvalue weighted by molar-refractivity contribution is 7.79. The Hall–Kier alpha value is -1.52. The molecule has 0 saturated carbocycles. The maximum absolute atomic E-state index is 4.86. The first kappa shape index (κ1) is 20.8. The zero-order valence-electron chi connectivity index (χ0n) is 15.6. The number of hydrogen-bond acceptors (Lipinski definition) is 2. The smallest absolute Gasteiger partial charge is 0.169 e. The van der Waals surface area contributed by atoms with Crippen LogP contribution in [0.4, 0.5) is 0 Å². The van der Waals surface area contributed by atoms with E-state index in [0.717, 1.165) is 25.9 Å². The third-order valence-electron chi connectivity index (χ3n) is 4.59. The van der Waals surface area contributed by atoms with Crippen LogP contribution in [0.15, 0.2) is 49.1 Å². The van der Waals surface area contributed by atoms with Crippen LogP contribution in [-0.2, 0) is 13.1 Å². The van der Waals surface area contributed by atoms with Crippen molar-refractivity contribution < 1.29 is 9.13 Å². The predicted octanol–water partition coefficient (Wildman–Crippen LogP) is 5.05. The van der Waals surface area contributed by atoms with Gasteiger partial charge in [0, 0.05) is 37.1 Å². The molecule has 26 heavy (non-hydrogen) atoms. The van der Waals surface area contributed by atoms with Crippen molar-refractivity contribution in [1.29, 1.82) is 0 Å². The van der Waals surface area contributed by atoms with Gasteiger partial charge in [0.2, 0.25) is 0 Å². The fourth-order valence-electron chi connectivity index (χ4n) is 3.00. The molecule has 0 spiro atoms. The van der Waals surface area contributed by atoms with Crippen LogP contribution in [0.25, 0.3) is 11.1 Å². The molecule has 4 heteroatoms. The molecule has 2 aromatic rings. The van der Waals surface area contributed by atoms with Crippen LogP contribution in [0.5, 0.6) is 0 Å². The number of aryl methyl sites for hydroxylation is 2. The topological polar surface area (TPSA) is 7.76 Å². The molecule has 0 radical (unpaired) electrons. The van der Waals surface area contributed by atoms with Gasteiger partial charge in [-0.25, -0.2) is 9.13 Å². The number of rotatable bonds is 13. The first-order valence-electron chi connectivity index (χ1n) is 9.69. The number of hydrogen-bond donors (Lipinski definition) is 0. The average Bonchev–Trinajstić information content (AvgIpc) is 2.69. The maximum Gasteiger partial charge on any atom is 0.169 e. The summed E-state index contributed by atoms with van der Waals surface area (Å²) in [4.78, 5) is 0. The second-order valence-electron chi connectivity index (χ2n) is 6.68. The van der Waals surface area contributed by atoms with Crippen molar-refractivity contribution >= 4 is 35.2 Å². The molecule has 0 N–H and O–H groups in total. The molecule has 2 nitrogen and oxygen atoms in total. The molecule has 0 atom stereocenters. The largest absolute Gasteiger partial charge is 0.205 e. The van der Waals surface area contributed by atoms with Crippen molar-refractivity contribution in [2.24, 2.45) is 0 Å². The van der Waals surface area contributed by atoms with Crippen molar-refractivity contribution in [3.63, 3.8) is 0 Å². The Labute approximate surface area is 168 Å². The standard InChI is InChI=1S/C22H30N2S2/c25-19-7-3-1-5-13-23-15-9-21(10-16-23)22-11-17-24(18-12-22)14-6-2-4-8-20-26/h9-12,15-20H,1-8,13-14H2/q+2. The molecule has 0 fully saturated rings. The van der Waals surface area contributed by atoms with Gasteiger partial charge in [0.1, 0.15) is 13.1 Å². The van der Waals surface area contributed by atoms with Gasteiger partial charge >= 0.3 is 0 Å². The van der Waals surface area contributed by atoms with Crippen LogP contribution in [0, 0.1) is 0 Å². The molecule has 2 heterocycles. The third kappa shape index (κ3) is 7.79. The highest BCUT2D eigenvalue weighted by atomic mass is 32.1. The highest BCUT2D eigenvalue weighted by Crippen LogP contribution is 2.15. The predicted molar refractivity (Wildman–Crippen MR) is 117 cm³/mol. The van der Waals surface area contributed by atoms with E-state index in [1.807, 2.05) is 10.7 Å². The van der Waals surface area contributed by atoms with Gasteiger partial charge in [-0.2, -0.15) is 0 Å². The summed E-state index contributed by atoms with van der Waals surface area (Å²) in [6, 6.07) is 8.84. The Morgan fingerprint density at radius 2 is 0.962 bits per heavy atom. The van der Waals surface area contributed by atoms with Gasteiger partial charge in [0.05, 0.1) is 0 Å². The summed E-state index contributed by atoms with van der Waals surface area (Å²) >= 11 is 9.73. The Morgan fingerprint density at radius 3 is 1.31 bits per heavy atom. The molecule has 0 amide bonds. The summed E-state index contributed by atoms with van der Waals surface area (Å²) in [7, 11) is 0. The number of unbranched alkanes of at least 4 members (excludes halogenated alkanes) is 6. The molecule has 0 aromatic carbocycles. The van der Waals surface area contributed by atoms with Crippen molar-refractivity contribution in [2.45, 2.75) is 64.5 Å². The monoisotopic (exact) mass is 386 g/mol. The van der Waals surface area contributed by atoms with E-state index in [-0.39, 0.29) is 0 Å². The van der Waals surface area contributed by atoms with Gasteiger partial charge < -0.3 is 0 Å². The molecule has 0 aliphatic heterocycles. The zero-order valence-corrected chi connectivity index (χ0v) is 17.2. The highest BCUT2D eigenvalue weighted by Gasteiger charge is 2.06. The third-order valence-corrected chi connectivity index (χ3v) is 5.06. The van der Waals surface area contributed by atoms with Crippen molar-refractivity contribution in [2.75, 3.05) is 0 Å². The lowest BCUT2D eigenvalue weighted by molar-refractivity contribution is -0.697. The van der Waals surface area contributed by atoms with Gasteiger partial charge in [-0.05, 0) is 60.4 Å². The summed E-state index contributed by atoms with van der Waals surface area (Å²) < 4.78 is 4.54. The zero-order chi connectivity index (χ0) is 18.5. The number of pyridine rings is 2. The van der Waals surface area contributed by atoms with E-state index in [1.165, 1.54) is 49.7 Å². The average molecular weight is 387 g/mol. The van der Waals surface area contributed by atoms with E-state index in [2.05, 4.69) is 58.2 Å². The molecule has 138 valence electrons. The molecular formula is C22H30N2S2+2. The molecule has 2 rings (SSSR count). The Kier molecular flexibility index (Phi) is 10.2. The minimum atomic E-state index is 1.06. The van der Waals surface area contributed by atoms with Crippen LogP contribution in [0.1, 0.15) is 51.4 Å². The quantitative estimate of drug-likeness (QED) is 0.270. The molecule has 0 aliphatic carbocycles. The minimum Gasteiger partial charge on any atom is -0.205 e. The molecule has 2 aromatic heterocycles. The first-order chi connectivity index (χ1) is 12.8. The Balaban J connectivity index is 1.79. The van der Waals surface area contributed by atoms with Gasteiger partial charge in [-0.3, -0.25) is 0 Å². The maximum atomic E-state index is 4.86. The second-order valence-corrected chi connectivity index (χ2v) is 7.35. The molecule has 0 bridgehead atoms. The van der Waals surface area contributed by atoms with E-state index in [1.54, 1.807) is 0 Å². The van der Waals surface area contributed by atoms with E-state index < -0.39 is 0 Å². The minimum absolute atomic E-state index is 1.06. The lowest BCUT2D eigenvalue weighted by atomic mass is 10.1. The fraction of sp³-hybridized carbons (Fsp3) is 0.455.